The monoisotopic (exact) mass is 349 g/mol. The van der Waals surface area contributed by atoms with Crippen LogP contribution in [0.25, 0.3) is 0 Å². The molecule has 5 heteroatoms. The first-order valence-corrected chi connectivity index (χ1v) is 8.77. The van der Waals surface area contributed by atoms with Crippen LogP contribution in [0.15, 0.2) is 49.1 Å². The van der Waals surface area contributed by atoms with E-state index in [9.17, 15) is 9.50 Å². The second-order valence-electron chi connectivity index (χ2n) is 5.79. The fourth-order valence-corrected chi connectivity index (χ4v) is 3.39. The lowest BCUT2D eigenvalue weighted by atomic mass is 10.2. The van der Waals surface area contributed by atoms with Gasteiger partial charge in [-0.25, -0.2) is 4.39 Å². The molecule has 0 radical (unpaired) electrons. The van der Waals surface area contributed by atoms with Gasteiger partial charge in [0.05, 0.1) is 19.3 Å². The molecule has 130 valence electrons. The molecule has 1 aromatic heterocycles. The molecular weight excluding hydrogens is 325 g/mol. The number of aliphatic hydroxyl groups is 1. The molecule has 0 amide bonds. The summed E-state index contributed by atoms with van der Waals surface area (Å²) in [6.45, 7) is 8.26. The number of thiophene rings is 1. The van der Waals surface area contributed by atoms with Crippen molar-refractivity contribution in [3.05, 3.63) is 70.2 Å². The van der Waals surface area contributed by atoms with Crippen molar-refractivity contribution in [1.29, 1.82) is 0 Å². The summed E-state index contributed by atoms with van der Waals surface area (Å²) in [6.07, 6.45) is 1.09. The van der Waals surface area contributed by atoms with Gasteiger partial charge in [-0.3, -0.25) is 4.90 Å². The highest BCUT2D eigenvalue weighted by Crippen LogP contribution is 2.19. The highest BCUT2D eigenvalue weighted by Gasteiger charge is 2.14. The molecule has 1 N–H and O–H groups in total. The molecule has 0 aliphatic heterocycles. The van der Waals surface area contributed by atoms with Crippen molar-refractivity contribution in [3.63, 3.8) is 0 Å². The first-order chi connectivity index (χ1) is 11.6. The minimum absolute atomic E-state index is 0.239. The van der Waals surface area contributed by atoms with E-state index in [0.717, 1.165) is 12.1 Å². The molecule has 2 rings (SSSR count). The lowest BCUT2D eigenvalue weighted by Gasteiger charge is -2.24. The lowest BCUT2D eigenvalue weighted by Crippen LogP contribution is -2.34. The Morgan fingerprint density at radius 2 is 2.00 bits per heavy atom. The SMILES string of the molecule is C=CCOCC(O)CN(Cc1ccc(F)cc1)Cc1ccc(C)s1. The van der Waals surface area contributed by atoms with Gasteiger partial charge in [0.15, 0.2) is 0 Å². The third-order valence-electron chi connectivity index (χ3n) is 3.51. The normalized spacial score (nSPS) is 12.5. The van der Waals surface area contributed by atoms with Crippen LogP contribution in [0.3, 0.4) is 0 Å². The Morgan fingerprint density at radius 1 is 1.25 bits per heavy atom. The van der Waals surface area contributed by atoms with E-state index in [2.05, 4.69) is 30.5 Å². The maximum Gasteiger partial charge on any atom is 0.123 e. The van der Waals surface area contributed by atoms with Gasteiger partial charge in [-0.2, -0.15) is 0 Å². The molecule has 1 unspecified atom stereocenters. The third-order valence-corrected chi connectivity index (χ3v) is 4.50. The topological polar surface area (TPSA) is 32.7 Å². The number of rotatable bonds is 10. The molecule has 0 bridgehead atoms. The number of halogens is 1. The van der Waals surface area contributed by atoms with Gasteiger partial charge in [0.2, 0.25) is 0 Å². The van der Waals surface area contributed by atoms with Crippen molar-refractivity contribution in [2.24, 2.45) is 0 Å². The zero-order valence-corrected chi connectivity index (χ0v) is 14.8. The van der Waals surface area contributed by atoms with Crippen LogP contribution in [0.1, 0.15) is 15.3 Å². The molecular formula is C19H24FNO2S. The van der Waals surface area contributed by atoms with Crippen LogP contribution in [0.5, 0.6) is 0 Å². The number of aryl methyl sites for hydroxylation is 1. The largest absolute Gasteiger partial charge is 0.389 e. The summed E-state index contributed by atoms with van der Waals surface area (Å²) in [5, 5.41) is 10.2. The molecule has 24 heavy (non-hydrogen) atoms. The van der Waals surface area contributed by atoms with Gasteiger partial charge >= 0.3 is 0 Å². The van der Waals surface area contributed by atoms with Gasteiger partial charge in [0.25, 0.3) is 0 Å². The van der Waals surface area contributed by atoms with E-state index in [0.29, 0.717) is 19.7 Å². The van der Waals surface area contributed by atoms with Gasteiger partial charge in [0, 0.05) is 29.4 Å². The summed E-state index contributed by atoms with van der Waals surface area (Å²) >= 11 is 1.75. The van der Waals surface area contributed by atoms with Gasteiger partial charge in [-0.05, 0) is 36.8 Å². The standard InChI is InChI=1S/C19H24FNO2S/c1-3-10-23-14-18(22)12-21(13-19-9-4-15(2)24-19)11-16-5-7-17(20)8-6-16/h3-9,18,22H,1,10-14H2,2H3. The van der Waals surface area contributed by atoms with Crippen molar-refractivity contribution in [2.45, 2.75) is 26.1 Å². The maximum atomic E-state index is 13.1. The maximum absolute atomic E-state index is 13.1. The summed E-state index contributed by atoms with van der Waals surface area (Å²) in [4.78, 5) is 4.66. The highest BCUT2D eigenvalue weighted by molar-refractivity contribution is 7.11. The van der Waals surface area contributed by atoms with Crippen LogP contribution >= 0.6 is 11.3 Å². The van der Waals surface area contributed by atoms with E-state index in [1.54, 1.807) is 29.5 Å². The smallest absolute Gasteiger partial charge is 0.123 e. The second kappa shape index (κ2) is 9.69. The fraction of sp³-hybridized carbons (Fsp3) is 0.368. The summed E-state index contributed by atoms with van der Waals surface area (Å²) in [5.41, 5.74) is 1.02. The van der Waals surface area contributed by atoms with Gasteiger partial charge in [0.1, 0.15) is 5.82 Å². The van der Waals surface area contributed by atoms with E-state index in [-0.39, 0.29) is 12.4 Å². The first kappa shape index (κ1) is 18.8. The summed E-state index contributed by atoms with van der Waals surface area (Å²) in [7, 11) is 0. The Hall–Kier alpha value is -1.53. The number of aliphatic hydroxyl groups excluding tert-OH is 1. The Morgan fingerprint density at radius 3 is 2.62 bits per heavy atom. The van der Waals surface area contributed by atoms with Crippen LogP contribution in [0.2, 0.25) is 0 Å². The van der Waals surface area contributed by atoms with Crippen molar-refractivity contribution < 1.29 is 14.2 Å². The number of nitrogens with zero attached hydrogens (tertiary/aromatic N) is 1. The van der Waals surface area contributed by atoms with E-state index in [4.69, 9.17) is 4.74 Å². The quantitative estimate of drug-likeness (QED) is 0.524. The van der Waals surface area contributed by atoms with Gasteiger partial charge in [-0.15, -0.1) is 17.9 Å². The number of ether oxygens (including phenoxy) is 1. The number of hydrogen-bond acceptors (Lipinski definition) is 4. The van der Waals surface area contributed by atoms with Crippen molar-refractivity contribution >= 4 is 11.3 Å². The highest BCUT2D eigenvalue weighted by atomic mass is 32.1. The predicted molar refractivity (Wildman–Crippen MR) is 96.6 cm³/mol. The van der Waals surface area contributed by atoms with E-state index in [1.807, 2.05) is 0 Å². The molecule has 0 spiro atoms. The Labute approximate surface area is 147 Å². The molecule has 0 saturated heterocycles. The molecule has 3 nitrogen and oxygen atoms in total. The molecule has 1 atom stereocenters. The van der Waals surface area contributed by atoms with Crippen LogP contribution in [0.4, 0.5) is 4.39 Å². The first-order valence-electron chi connectivity index (χ1n) is 7.95. The average molecular weight is 349 g/mol. The molecule has 0 saturated carbocycles. The Kier molecular flexibility index (Phi) is 7.59. The molecule has 0 aliphatic rings. The van der Waals surface area contributed by atoms with Crippen molar-refractivity contribution in [1.82, 2.24) is 4.90 Å². The summed E-state index contributed by atoms with van der Waals surface area (Å²) < 4.78 is 18.4. The lowest BCUT2D eigenvalue weighted by molar-refractivity contribution is 0.0230. The van der Waals surface area contributed by atoms with Crippen molar-refractivity contribution in [3.8, 4) is 0 Å². The third kappa shape index (κ3) is 6.53. The van der Waals surface area contributed by atoms with Gasteiger partial charge < -0.3 is 9.84 Å². The Bertz CT molecular complexity index is 627. The van der Waals surface area contributed by atoms with E-state index < -0.39 is 6.10 Å². The average Bonchev–Trinajstić information content (AvgIpc) is 2.95. The summed E-state index contributed by atoms with van der Waals surface area (Å²) in [5.74, 6) is -0.239. The van der Waals surface area contributed by atoms with Gasteiger partial charge in [-0.1, -0.05) is 18.2 Å². The zero-order valence-electron chi connectivity index (χ0n) is 14.0. The van der Waals surface area contributed by atoms with E-state index >= 15 is 0 Å². The van der Waals surface area contributed by atoms with Crippen LogP contribution in [-0.4, -0.2) is 35.9 Å². The van der Waals surface area contributed by atoms with Crippen molar-refractivity contribution in [2.75, 3.05) is 19.8 Å². The molecule has 0 fully saturated rings. The molecule has 2 aromatic rings. The molecule has 0 aliphatic carbocycles. The molecule has 1 aromatic carbocycles. The predicted octanol–water partition coefficient (Wildman–Crippen LogP) is 3.76. The van der Waals surface area contributed by atoms with E-state index in [1.165, 1.54) is 21.9 Å². The minimum atomic E-state index is -0.577. The van der Waals surface area contributed by atoms with Crippen LogP contribution in [0, 0.1) is 12.7 Å². The fourth-order valence-electron chi connectivity index (χ4n) is 2.46. The number of hydrogen-bond donors (Lipinski definition) is 1. The molecule has 1 heterocycles. The Balaban J connectivity index is 1.99. The minimum Gasteiger partial charge on any atom is -0.389 e. The van der Waals surface area contributed by atoms with Crippen LogP contribution in [-0.2, 0) is 17.8 Å². The second-order valence-corrected chi connectivity index (χ2v) is 7.16. The van der Waals surface area contributed by atoms with Crippen LogP contribution < -0.4 is 0 Å². The summed E-state index contributed by atoms with van der Waals surface area (Å²) in [6, 6.07) is 10.7. The number of benzene rings is 1. The zero-order chi connectivity index (χ0) is 17.4.